The molecule has 1 amide bonds. The summed E-state index contributed by atoms with van der Waals surface area (Å²) in [5, 5.41) is 6.15. The van der Waals surface area contributed by atoms with E-state index in [1.165, 1.54) is 6.21 Å². The van der Waals surface area contributed by atoms with E-state index in [1.54, 1.807) is 0 Å². The van der Waals surface area contributed by atoms with Crippen molar-refractivity contribution in [2.75, 3.05) is 0 Å². The van der Waals surface area contributed by atoms with Gasteiger partial charge in [-0.3, -0.25) is 4.79 Å². The van der Waals surface area contributed by atoms with Crippen LogP contribution in [0.4, 0.5) is 0 Å². The number of furan rings is 1. The number of amides is 1. The van der Waals surface area contributed by atoms with Crippen molar-refractivity contribution in [1.29, 1.82) is 0 Å². The van der Waals surface area contributed by atoms with Crippen molar-refractivity contribution >= 4 is 54.8 Å². The van der Waals surface area contributed by atoms with Crippen LogP contribution in [0.5, 0.6) is 0 Å². The van der Waals surface area contributed by atoms with E-state index in [9.17, 15) is 4.79 Å². The second kappa shape index (κ2) is 8.76. The lowest BCUT2D eigenvalue weighted by Crippen LogP contribution is -2.19. The molecule has 0 aliphatic rings. The van der Waals surface area contributed by atoms with Crippen molar-refractivity contribution in [2.45, 2.75) is 6.42 Å². The van der Waals surface area contributed by atoms with Crippen LogP contribution in [-0.2, 0) is 11.2 Å². The quantitative estimate of drug-likeness (QED) is 0.252. The van der Waals surface area contributed by atoms with Crippen LogP contribution in [0, 0.1) is 0 Å². The fraction of sp³-hybridized carbons (Fsp3) is 0.0435. The lowest BCUT2D eigenvalue weighted by molar-refractivity contribution is -0.120. The van der Waals surface area contributed by atoms with E-state index in [1.807, 2.05) is 72.8 Å². The lowest BCUT2D eigenvalue weighted by atomic mass is 10.0. The smallest absolute Gasteiger partial charge is 0.244 e. The van der Waals surface area contributed by atoms with Crippen LogP contribution >= 0.6 is 31.9 Å². The van der Waals surface area contributed by atoms with Gasteiger partial charge in [0.25, 0.3) is 0 Å². The van der Waals surface area contributed by atoms with Gasteiger partial charge in [0.2, 0.25) is 5.91 Å². The zero-order valence-electron chi connectivity index (χ0n) is 15.2. The fourth-order valence-corrected chi connectivity index (χ4v) is 3.96. The Hall–Kier alpha value is -2.70. The maximum atomic E-state index is 12.3. The second-order valence-corrected chi connectivity index (χ2v) is 8.20. The highest BCUT2D eigenvalue weighted by Gasteiger charge is 2.08. The van der Waals surface area contributed by atoms with Crippen LogP contribution in [0.2, 0.25) is 0 Å². The van der Waals surface area contributed by atoms with E-state index in [2.05, 4.69) is 42.4 Å². The third kappa shape index (κ3) is 4.66. The monoisotopic (exact) mass is 510 g/mol. The summed E-state index contributed by atoms with van der Waals surface area (Å²) in [6, 6.07) is 23.4. The summed E-state index contributed by atoms with van der Waals surface area (Å²) in [6.45, 7) is 0. The molecule has 0 bridgehead atoms. The average molecular weight is 512 g/mol. The maximum absolute atomic E-state index is 12.3. The van der Waals surface area contributed by atoms with Crippen LogP contribution in [0.15, 0.2) is 91.3 Å². The highest BCUT2D eigenvalue weighted by atomic mass is 79.9. The molecule has 0 aliphatic carbocycles. The number of benzene rings is 3. The van der Waals surface area contributed by atoms with E-state index in [-0.39, 0.29) is 12.3 Å². The highest BCUT2D eigenvalue weighted by Crippen LogP contribution is 2.27. The average Bonchev–Trinajstić information content (AvgIpc) is 3.19. The molecule has 3 aromatic carbocycles. The Morgan fingerprint density at radius 1 is 0.966 bits per heavy atom. The van der Waals surface area contributed by atoms with Gasteiger partial charge in [-0.15, -0.1) is 0 Å². The molecule has 0 unspecified atom stereocenters. The van der Waals surface area contributed by atoms with Crippen LogP contribution < -0.4 is 5.43 Å². The van der Waals surface area contributed by atoms with Crippen molar-refractivity contribution in [3.05, 3.63) is 93.1 Å². The first kappa shape index (κ1) is 19.6. The number of nitrogens with one attached hydrogen (secondary N) is 1. The first-order valence-corrected chi connectivity index (χ1v) is 10.5. The molecular weight excluding hydrogens is 496 g/mol. The van der Waals surface area contributed by atoms with Gasteiger partial charge in [0.05, 0.1) is 12.6 Å². The molecular formula is C23H16Br2N2O2. The summed E-state index contributed by atoms with van der Waals surface area (Å²) in [6.07, 6.45) is 1.74. The molecule has 0 saturated carbocycles. The Bertz CT molecular complexity index is 1210. The maximum Gasteiger partial charge on any atom is 0.244 e. The molecule has 4 nitrogen and oxygen atoms in total. The predicted molar refractivity (Wildman–Crippen MR) is 123 cm³/mol. The number of nitrogens with zero attached hydrogens (tertiary/aromatic N) is 1. The molecule has 1 heterocycles. The Labute approximate surface area is 184 Å². The number of hydrogen-bond acceptors (Lipinski definition) is 3. The lowest BCUT2D eigenvalue weighted by Gasteiger charge is -2.07. The van der Waals surface area contributed by atoms with Crippen LogP contribution in [0.1, 0.15) is 11.3 Å². The second-order valence-electron chi connectivity index (χ2n) is 6.43. The summed E-state index contributed by atoms with van der Waals surface area (Å²) in [4.78, 5) is 12.3. The summed E-state index contributed by atoms with van der Waals surface area (Å²) < 4.78 is 7.76. The van der Waals surface area contributed by atoms with Crippen LogP contribution in [0.25, 0.3) is 22.1 Å². The predicted octanol–water partition coefficient (Wildman–Crippen LogP) is 6.32. The Morgan fingerprint density at radius 3 is 2.62 bits per heavy atom. The van der Waals surface area contributed by atoms with Gasteiger partial charge >= 0.3 is 0 Å². The van der Waals surface area contributed by atoms with Gasteiger partial charge in [0, 0.05) is 14.5 Å². The van der Waals surface area contributed by atoms with Crippen molar-refractivity contribution in [3.8, 4) is 11.3 Å². The van der Waals surface area contributed by atoms with E-state index in [0.717, 1.165) is 36.6 Å². The van der Waals surface area contributed by atoms with Crippen molar-refractivity contribution < 1.29 is 9.21 Å². The summed E-state index contributed by atoms with van der Waals surface area (Å²) in [5.41, 5.74) is 4.48. The number of fused-ring (bicyclic) bond motifs is 1. The van der Waals surface area contributed by atoms with Gasteiger partial charge in [0.15, 0.2) is 0 Å². The molecule has 0 saturated heterocycles. The molecule has 29 heavy (non-hydrogen) atoms. The molecule has 0 fully saturated rings. The number of carbonyl (C=O) groups is 1. The van der Waals surface area contributed by atoms with Gasteiger partial charge in [-0.05, 0) is 46.7 Å². The number of rotatable bonds is 5. The largest absolute Gasteiger partial charge is 0.455 e. The van der Waals surface area contributed by atoms with Crippen molar-refractivity contribution in [2.24, 2.45) is 5.10 Å². The molecule has 6 heteroatoms. The highest BCUT2D eigenvalue weighted by molar-refractivity contribution is 9.11. The molecule has 0 atom stereocenters. The third-order valence-electron chi connectivity index (χ3n) is 4.43. The minimum absolute atomic E-state index is 0.188. The minimum Gasteiger partial charge on any atom is -0.455 e. The van der Waals surface area contributed by atoms with E-state index in [4.69, 9.17) is 4.42 Å². The summed E-state index contributed by atoms with van der Waals surface area (Å²) >= 11 is 7.00. The topological polar surface area (TPSA) is 54.6 Å². The first-order chi connectivity index (χ1) is 14.1. The summed E-state index contributed by atoms with van der Waals surface area (Å²) in [7, 11) is 0. The zero-order valence-corrected chi connectivity index (χ0v) is 18.4. The number of carbonyl (C=O) groups excluding carboxylic acids is 1. The van der Waals surface area contributed by atoms with E-state index < -0.39 is 0 Å². The normalized spacial score (nSPS) is 11.2. The molecule has 0 radical (unpaired) electrons. The standard InChI is InChI=1S/C23H16Br2N2O2/c24-17-5-3-4-16(12-17)22-11-9-18(29-22)14-26-27-23(28)13-15-8-10-21(25)20-7-2-1-6-19(15)20/h1-12,14H,13H2,(H,27,28)/b26-14-. The first-order valence-electron chi connectivity index (χ1n) is 8.94. The van der Waals surface area contributed by atoms with Gasteiger partial charge in [-0.1, -0.05) is 74.3 Å². The molecule has 1 aromatic heterocycles. The number of hydrazone groups is 1. The van der Waals surface area contributed by atoms with E-state index in [0.29, 0.717) is 5.76 Å². The van der Waals surface area contributed by atoms with Crippen LogP contribution in [0.3, 0.4) is 0 Å². The van der Waals surface area contributed by atoms with Crippen molar-refractivity contribution in [3.63, 3.8) is 0 Å². The molecule has 4 aromatic rings. The summed E-state index contributed by atoms with van der Waals surface area (Å²) in [5.74, 6) is 1.11. The van der Waals surface area contributed by atoms with Gasteiger partial charge in [-0.25, -0.2) is 5.43 Å². The Kier molecular flexibility index (Phi) is 5.92. The molecule has 1 N–H and O–H groups in total. The molecule has 0 aliphatic heterocycles. The third-order valence-corrected chi connectivity index (χ3v) is 5.61. The zero-order chi connectivity index (χ0) is 20.2. The Balaban J connectivity index is 1.42. The molecule has 4 rings (SSSR count). The Morgan fingerprint density at radius 2 is 1.79 bits per heavy atom. The van der Waals surface area contributed by atoms with Gasteiger partial charge in [0.1, 0.15) is 11.5 Å². The molecule has 0 spiro atoms. The van der Waals surface area contributed by atoms with Crippen molar-refractivity contribution in [1.82, 2.24) is 5.43 Å². The fourth-order valence-electron chi connectivity index (χ4n) is 3.08. The molecule has 144 valence electrons. The number of halogens is 2. The van der Waals surface area contributed by atoms with Gasteiger partial charge in [-0.2, -0.15) is 5.10 Å². The minimum atomic E-state index is -0.188. The van der Waals surface area contributed by atoms with Gasteiger partial charge < -0.3 is 4.42 Å². The van der Waals surface area contributed by atoms with Crippen LogP contribution in [-0.4, -0.2) is 12.1 Å². The SMILES string of the molecule is O=C(Cc1ccc(Br)c2ccccc12)N/N=C\c1ccc(-c2cccc(Br)c2)o1. The van der Waals surface area contributed by atoms with E-state index >= 15 is 0 Å². The number of hydrogen-bond donors (Lipinski definition) is 1.